The van der Waals surface area contributed by atoms with E-state index in [1.54, 1.807) is 0 Å². The van der Waals surface area contributed by atoms with Crippen molar-refractivity contribution in [1.29, 1.82) is 0 Å². The molecule has 0 aliphatic carbocycles. The molecule has 1 rings (SSSR count). The van der Waals surface area contributed by atoms with Crippen molar-refractivity contribution in [1.82, 2.24) is 0 Å². The molecular formula is C12H19N. The van der Waals surface area contributed by atoms with Crippen molar-refractivity contribution >= 4 is 0 Å². The fourth-order valence-corrected chi connectivity index (χ4v) is 1.63. The van der Waals surface area contributed by atoms with E-state index in [4.69, 9.17) is 5.73 Å². The van der Waals surface area contributed by atoms with Gasteiger partial charge in [0.15, 0.2) is 0 Å². The van der Waals surface area contributed by atoms with E-state index in [1.807, 2.05) is 0 Å². The summed E-state index contributed by atoms with van der Waals surface area (Å²) in [7, 11) is 0. The van der Waals surface area contributed by atoms with Crippen LogP contribution in [0.15, 0.2) is 24.3 Å². The highest BCUT2D eigenvalue weighted by atomic mass is 14.6. The van der Waals surface area contributed by atoms with Crippen molar-refractivity contribution in [2.24, 2.45) is 5.73 Å². The first-order chi connectivity index (χ1) is 6.11. The smallest absolute Gasteiger partial charge is 0.00510 e. The van der Waals surface area contributed by atoms with Crippen LogP contribution < -0.4 is 5.73 Å². The summed E-state index contributed by atoms with van der Waals surface area (Å²) in [6.45, 7) is 6.50. The summed E-state index contributed by atoms with van der Waals surface area (Å²) < 4.78 is 0. The number of nitrogens with two attached hydrogens (primary N) is 1. The van der Waals surface area contributed by atoms with Gasteiger partial charge in [0.2, 0.25) is 0 Å². The Balaban J connectivity index is 2.91. The van der Waals surface area contributed by atoms with Crippen LogP contribution in [-0.4, -0.2) is 6.04 Å². The second kappa shape index (κ2) is 4.43. The zero-order chi connectivity index (χ0) is 9.84. The van der Waals surface area contributed by atoms with Gasteiger partial charge in [0.1, 0.15) is 0 Å². The van der Waals surface area contributed by atoms with Gasteiger partial charge in [-0.3, -0.25) is 0 Å². The lowest BCUT2D eigenvalue weighted by Crippen LogP contribution is -2.18. The Morgan fingerprint density at radius 2 is 1.77 bits per heavy atom. The molecule has 1 aromatic rings. The fraction of sp³-hybridized carbons (Fsp3) is 0.500. The highest BCUT2D eigenvalue weighted by Crippen LogP contribution is 2.19. The number of rotatable bonds is 3. The fourth-order valence-electron chi connectivity index (χ4n) is 1.63. The molecule has 0 heterocycles. The topological polar surface area (TPSA) is 26.0 Å². The maximum Gasteiger partial charge on any atom is 0.00510 e. The van der Waals surface area contributed by atoms with Gasteiger partial charge in [0.05, 0.1) is 0 Å². The van der Waals surface area contributed by atoms with Gasteiger partial charge in [-0.15, -0.1) is 0 Å². The van der Waals surface area contributed by atoms with Gasteiger partial charge in [-0.25, -0.2) is 0 Å². The molecule has 1 nitrogen and oxygen atoms in total. The Hall–Kier alpha value is -0.820. The molecule has 0 unspecified atom stereocenters. The molecule has 0 fully saturated rings. The summed E-state index contributed by atoms with van der Waals surface area (Å²) in [6, 6.07) is 8.81. The third kappa shape index (κ3) is 2.85. The predicted octanol–water partition coefficient (Wildman–Crippen LogP) is 2.70. The highest BCUT2D eigenvalue weighted by molar-refractivity contribution is 5.30. The first-order valence-corrected chi connectivity index (χ1v) is 4.94. The van der Waals surface area contributed by atoms with Gasteiger partial charge < -0.3 is 5.73 Å². The van der Waals surface area contributed by atoms with Gasteiger partial charge in [0, 0.05) is 6.04 Å². The maximum absolute atomic E-state index is 5.79. The molecule has 2 N–H and O–H groups in total. The van der Waals surface area contributed by atoms with Gasteiger partial charge in [0.25, 0.3) is 0 Å². The van der Waals surface area contributed by atoms with Gasteiger partial charge in [-0.2, -0.15) is 0 Å². The van der Waals surface area contributed by atoms with E-state index in [9.17, 15) is 0 Å². The summed E-state index contributed by atoms with van der Waals surface area (Å²) in [4.78, 5) is 0. The molecule has 1 heteroatoms. The van der Waals surface area contributed by atoms with Crippen LogP contribution in [0.3, 0.4) is 0 Å². The zero-order valence-electron chi connectivity index (χ0n) is 8.75. The maximum atomic E-state index is 5.79. The molecule has 0 saturated carbocycles. The normalized spacial score (nSPS) is 13.3. The van der Waals surface area contributed by atoms with Gasteiger partial charge in [-0.1, -0.05) is 38.1 Å². The van der Waals surface area contributed by atoms with Crippen molar-refractivity contribution in [3.8, 4) is 0 Å². The Kier molecular flexibility index (Phi) is 3.49. The van der Waals surface area contributed by atoms with Crippen LogP contribution in [0.1, 0.15) is 37.8 Å². The minimum Gasteiger partial charge on any atom is -0.328 e. The molecule has 0 aromatic heterocycles. The number of hydrogen-bond acceptors (Lipinski definition) is 1. The summed E-state index contributed by atoms with van der Waals surface area (Å²) in [5.74, 6) is 0.593. The van der Waals surface area contributed by atoms with Crippen molar-refractivity contribution in [3.63, 3.8) is 0 Å². The van der Waals surface area contributed by atoms with Gasteiger partial charge >= 0.3 is 0 Å². The SMILES string of the molecule is CC(C)c1ccccc1C[C@@H](C)N. The Bertz CT molecular complexity index is 264. The summed E-state index contributed by atoms with van der Waals surface area (Å²) in [5.41, 5.74) is 8.62. The average molecular weight is 177 g/mol. The molecule has 72 valence electrons. The van der Waals surface area contributed by atoms with E-state index in [0.29, 0.717) is 5.92 Å². The van der Waals surface area contributed by atoms with Crippen molar-refractivity contribution in [3.05, 3.63) is 35.4 Å². The van der Waals surface area contributed by atoms with Gasteiger partial charge in [-0.05, 0) is 30.4 Å². The molecule has 0 aliphatic heterocycles. The van der Waals surface area contributed by atoms with E-state index < -0.39 is 0 Å². The lowest BCUT2D eigenvalue weighted by atomic mass is 9.94. The van der Waals surface area contributed by atoms with E-state index >= 15 is 0 Å². The van der Waals surface area contributed by atoms with Crippen molar-refractivity contribution < 1.29 is 0 Å². The minimum absolute atomic E-state index is 0.250. The largest absolute Gasteiger partial charge is 0.328 e. The van der Waals surface area contributed by atoms with Crippen LogP contribution in [0.4, 0.5) is 0 Å². The third-order valence-electron chi connectivity index (χ3n) is 2.22. The first-order valence-electron chi connectivity index (χ1n) is 4.94. The van der Waals surface area contributed by atoms with E-state index in [0.717, 1.165) is 6.42 Å². The molecule has 0 spiro atoms. The molecule has 0 aliphatic rings. The second-order valence-electron chi connectivity index (χ2n) is 4.03. The molecular weight excluding hydrogens is 158 g/mol. The first kappa shape index (κ1) is 10.3. The van der Waals surface area contributed by atoms with E-state index in [-0.39, 0.29) is 6.04 Å². The van der Waals surface area contributed by atoms with Crippen LogP contribution in [-0.2, 0) is 6.42 Å². The average Bonchev–Trinajstić information content (AvgIpc) is 2.03. The molecule has 13 heavy (non-hydrogen) atoms. The summed E-state index contributed by atoms with van der Waals surface area (Å²) in [6.07, 6.45) is 0.981. The Morgan fingerprint density at radius 1 is 1.15 bits per heavy atom. The molecule has 0 bridgehead atoms. The van der Waals surface area contributed by atoms with E-state index in [1.165, 1.54) is 11.1 Å². The summed E-state index contributed by atoms with van der Waals surface area (Å²) >= 11 is 0. The second-order valence-corrected chi connectivity index (χ2v) is 4.03. The lowest BCUT2D eigenvalue weighted by molar-refractivity contribution is 0.721. The van der Waals surface area contributed by atoms with Crippen LogP contribution in [0, 0.1) is 0 Å². The van der Waals surface area contributed by atoms with Crippen molar-refractivity contribution in [2.75, 3.05) is 0 Å². The molecule has 1 atom stereocenters. The molecule has 0 amide bonds. The van der Waals surface area contributed by atoms with Crippen molar-refractivity contribution in [2.45, 2.75) is 39.2 Å². The molecule has 0 saturated heterocycles. The number of hydrogen-bond donors (Lipinski definition) is 1. The highest BCUT2D eigenvalue weighted by Gasteiger charge is 2.06. The molecule has 0 radical (unpaired) electrons. The Morgan fingerprint density at radius 3 is 2.31 bits per heavy atom. The summed E-state index contributed by atoms with van der Waals surface area (Å²) in [5, 5.41) is 0. The minimum atomic E-state index is 0.250. The van der Waals surface area contributed by atoms with Crippen LogP contribution >= 0.6 is 0 Å². The van der Waals surface area contributed by atoms with Crippen LogP contribution in [0.5, 0.6) is 0 Å². The third-order valence-corrected chi connectivity index (χ3v) is 2.22. The zero-order valence-corrected chi connectivity index (χ0v) is 8.75. The molecule has 1 aromatic carbocycles. The van der Waals surface area contributed by atoms with Crippen LogP contribution in [0.2, 0.25) is 0 Å². The predicted molar refractivity (Wildman–Crippen MR) is 57.9 cm³/mol. The standard InChI is InChI=1S/C12H19N/c1-9(2)12-7-5-4-6-11(12)8-10(3)13/h4-7,9-10H,8,13H2,1-3H3/t10-/m1/s1. The number of benzene rings is 1. The van der Waals surface area contributed by atoms with E-state index in [2.05, 4.69) is 45.0 Å². The van der Waals surface area contributed by atoms with Crippen LogP contribution in [0.25, 0.3) is 0 Å². The quantitative estimate of drug-likeness (QED) is 0.754. The Labute approximate surface area is 81.0 Å². The lowest BCUT2D eigenvalue weighted by Gasteiger charge is -2.13. The monoisotopic (exact) mass is 177 g/mol.